The molecule has 386 valence electrons. The Balaban J connectivity index is 0.919. The standard InChI is InChI=1S/C60H104O7/c1-8-9-10-11-12-13-14-15-16-17-18-19-20-21-22-23-24-25-26-27-28-29-30-31-54(61)65-43-53-55(62)56(63)57(64)58(67-53)66-48-38-40-59(6)47(42-48)34-35-49-51-37-36-50(60(51,7)41-39-52(49)59)46(5)33-32-45(4)44(2)3/h17-18,32-34,44-46,48-53,55-58,62-64H,8-16,19-31,35-43H2,1-7H3/b18-17-,33-32+. The van der Waals surface area contributed by atoms with Gasteiger partial charge in [-0.15, -0.1) is 0 Å². The molecule has 4 aliphatic carbocycles. The van der Waals surface area contributed by atoms with Gasteiger partial charge in [-0.05, 0) is 136 Å². The van der Waals surface area contributed by atoms with Crippen LogP contribution < -0.4 is 0 Å². The van der Waals surface area contributed by atoms with Crippen LogP contribution in [0.15, 0.2) is 36.0 Å². The molecule has 1 heterocycles. The van der Waals surface area contributed by atoms with Crippen LogP contribution >= 0.6 is 0 Å². The third kappa shape index (κ3) is 16.5. The molecule has 7 nitrogen and oxygen atoms in total. The second-order valence-corrected chi connectivity index (χ2v) is 23.7. The quantitative estimate of drug-likeness (QED) is 0.0361. The number of fused-ring (bicyclic) bond motifs is 5. The van der Waals surface area contributed by atoms with Crippen molar-refractivity contribution in [1.82, 2.24) is 0 Å². The van der Waals surface area contributed by atoms with Gasteiger partial charge in [0.2, 0.25) is 0 Å². The number of rotatable bonds is 31. The smallest absolute Gasteiger partial charge is 0.305 e. The molecule has 0 aromatic heterocycles. The summed E-state index contributed by atoms with van der Waals surface area (Å²) >= 11 is 0. The lowest BCUT2D eigenvalue weighted by atomic mass is 9.47. The van der Waals surface area contributed by atoms with E-state index in [0.717, 1.165) is 62.7 Å². The number of carbonyl (C=O) groups excluding carboxylic acids is 1. The average Bonchev–Trinajstić information content (AvgIpc) is 3.68. The van der Waals surface area contributed by atoms with Crippen LogP contribution in [0, 0.1) is 52.3 Å². The summed E-state index contributed by atoms with van der Waals surface area (Å²) in [5.41, 5.74) is 2.05. The Kier molecular flexibility index (Phi) is 24.5. The molecule has 0 aromatic carbocycles. The molecule has 0 bridgehead atoms. The van der Waals surface area contributed by atoms with Gasteiger partial charge in [0.15, 0.2) is 6.29 Å². The first-order chi connectivity index (χ1) is 32.3. The molecule has 5 aliphatic rings. The van der Waals surface area contributed by atoms with Crippen LogP contribution in [0.5, 0.6) is 0 Å². The highest BCUT2D eigenvalue weighted by atomic mass is 16.7. The first kappa shape index (κ1) is 56.4. The first-order valence-electron chi connectivity index (χ1n) is 28.8. The van der Waals surface area contributed by atoms with E-state index < -0.39 is 30.7 Å². The van der Waals surface area contributed by atoms with E-state index in [1.807, 2.05) is 0 Å². The molecule has 0 radical (unpaired) electrons. The van der Waals surface area contributed by atoms with Crippen molar-refractivity contribution in [2.45, 2.75) is 278 Å². The lowest BCUT2D eigenvalue weighted by Gasteiger charge is -2.58. The van der Waals surface area contributed by atoms with Gasteiger partial charge in [-0.3, -0.25) is 4.79 Å². The van der Waals surface area contributed by atoms with Gasteiger partial charge in [0.1, 0.15) is 31.0 Å². The van der Waals surface area contributed by atoms with E-state index in [1.54, 1.807) is 0 Å². The molecule has 7 heteroatoms. The summed E-state index contributed by atoms with van der Waals surface area (Å²) in [7, 11) is 0. The van der Waals surface area contributed by atoms with Gasteiger partial charge in [0, 0.05) is 6.42 Å². The van der Waals surface area contributed by atoms with Crippen molar-refractivity contribution in [3.63, 3.8) is 0 Å². The van der Waals surface area contributed by atoms with Crippen LogP contribution in [0.2, 0.25) is 0 Å². The minimum atomic E-state index is -1.45. The van der Waals surface area contributed by atoms with Gasteiger partial charge in [-0.1, -0.05) is 187 Å². The highest BCUT2D eigenvalue weighted by Crippen LogP contribution is 2.67. The number of allylic oxidation sites excluding steroid dienone is 5. The van der Waals surface area contributed by atoms with Crippen LogP contribution in [0.3, 0.4) is 0 Å². The second kappa shape index (κ2) is 29.1. The van der Waals surface area contributed by atoms with E-state index in [-0.39, 0.29) is 24.1 Å². The van der Waals surface area contributed by atoms with E-state index in [4.69, 9.17) is 14.2 Å². The van der Waals surface area contributed by atoms with Crippen LogP contribution in [-0.4, -0.2) is 64.7 Å². The monoisotopic (exact) mass is 937 g/mol. The Labute approximate surface area is 411 Å². The number of aliphatic hydroxyl groups excluding tert-OH is 3. The summed E-state index contributed by atoms with van der Waals surface area (Å²) in [5.74, 6) is 4.54. The van der Waals surface area contributed by atoms with E-state index in [9.17, 15) is 20.1 Å². The van der Waals surface area contributed by atoms with E-state index in [1.165, 1.54) is 147 Å². The van der Waals surface area contributed by atoms with Crippen LogP contribution in [0.1, 0.15) is 241 Å². The maximum Gasteiger partial charge on any atom is 0.305 e. The van der Waals surface area contributed by atoms with Crippen molar-refractivity contribution < 1.29 is 34.3 Å². The SMILES string of the molecule is CCCCCCCCCC/C=C\CCCCCCCCCCCCCC(=O)OCC1OC(OC2CCC3(C)C(=CCC4C3CCC3(C)C(C(C)/C=C/C(C)C(C)C)CCC43)C2)C(O)C(O)C1O. The fraction of sp³-hybridized carbons (Fsp3) is 0.883. The number of esters is 1. The summed E-state index contributed by atoms with van der Waals surface area (Å²) in [5, 5.41) is 32.6. The topological polar surface area (TPSA) is 105 Å². The molecule has 3 saturated carbocycles. The third-order valence-corrected chi connectivity index (χ3v) is 18.6. The normalized spacial score (nSPS) is 34.0. The van der Waals surface area contributed by atoms with Crippen molar-refractivity contribution in [2.75, 3.05) is 6.61 Å². The molecule has 0 aromatic rings. The Bertz CT molecular complexity index is 1490. The lowest BCUT2D eigenvalue weighted by Crippen LogP contribution is -2.60. The van der Waals surface area contributed by atoms with Gasteiger partial charge in [-0.25, -0.2) is 0 Å². The summed E-state index contributed by atoms with van der Waals surface area (Å²) in [4.78, 5) is 12.7. The van der Waals surface area contributed by atoms with Gasteiger partial charge < -0.3 is 29.5 Å². The first-order valence-corrected chi connectivity index (χ1v) is 28.8. The fourth-order valence-corrected chi connectivity index (χ4v) is 13.7. The van der Waals surface area contributed by atoms with Gasteiger partial charge in [0.25, 0.3) is 0 Å². The Morgan fingerprint density at radius 2 is 1.31 bits per heavy atom. The Hall–Kier alpha value is -1.51. The van der Waals surface area contributed by atoms with Crippen molar-refractivity contribution >= 4 is 5.97 Å². The molecule has 67 heavy (non-hydrogen) atoms. The minimum Gasteiger partial charge on any atom is -0.463 e. The highest BCUT2D eigenvalue weighted by Gasteiger charge is 2.59. The Morgan fingerprint density at radius 1 is 0.716 bits per heavy atom. The molecule has 14 unspecified atom stereocenters. The molecule has 4 fully saturated rings. The number of carbonyl (C=O) groups is 1. The minimum absolute atomic E-state index is 0.150. The summed E-state index contributed by atoms with van der Waals surface area (Å²) in [6, 6.07) is 0. The summed E-state index contributed by atoms with van der Waals surface area (Å²) in [6.07, 6.45) is 42.4. The number of unbranched alkanes of at least 4 members (excludes halogenated alkanes) is 19. The predicted octanol–water partition coefficient (Wildman–Crippen LogP) is 14.9. The number of hydrogen-bond donors (Lipinski definition) is 3. The van der Waals surface area contributed by atoms with Crippen LogP contribution in [-0.2, 0) is 19.0 Å². The molecule has 1 aliphatic heterocycles. The van der Waals surface area contributed by atoms with E-state index in [0.29, 0.717) is 35.5 Å². The van der Waals surface area contributed by atoms with Crippen molar-refractivity contribution in [3.8, 4) is 0 Å². The number of aliphatic hydroxyl groups is 3. The molecule has 5 rings (SSSR count). The highest BCUT2D eigenvalue weighted by molar-refractivity contribution is 5.69. The van der Waals surface area contributed by atoms with Gasteiger partial charge in [0.05, 0.1) is 6.10 Å². The summed E-state index contributed by atoms with van der Waals surface area (Å²) < 4.78 is 18.1. The van der Waals surface area contributed by atoms with E-state index >= 15 is 0 Å². The molecule has 1 saturated heterocycles. The van der Waals surface area contributed by atoms with Crippen molar-refractivity contribution in [2.24, 2.45) is 52.3 Å². The van der Waals surface area contributed by atoms with Gasteiger partial charge >= 0.3 is 5.97 Å². The van der Waals surface area contributed by atoms with E-state index in [2.05, 4.69) is 78.8 Å². The molecular formula is C60H104O7. The zero-order chi connectivity index (χ0) is 48.2. The molecule has 3 N–H and O–H groups in total. The van der Waals surface area contributed by atoms with Crippen LogP contribution in [0.4, 0.5) is 0 Å². The third-order valence-electron chi connectivity index (χ3n) is 18.6. The molecule has 14 atom stereocenters. The second-order valence-electron chi connectivity index (χ2n) is 23.7. The maximum absolute atomic E-state index is 12.7. The molecule has 0 amide bonds. The maximum atomic E-state index is 12.7. The fourth-order valence-electron chi connectivity index (χ4n) is 13.7. The van der Waals surface area contributed by atoms with Gasteiger partial charge in [-0.2, -0.15) is 0 Å². The van der Waals surface area contributed by atoms with Crippen molar-refractivity contribution in [1.29, 1.82) is 0 Å². The lowest BCUT2D eigenvalue weighted by molar-refractivity contribution is -0.313. The number of ether oxygens (including phenoxy) is 3. The molecule has 0 spiro atoms. The van der Waals surface area contributed by atoms with Crippen LogP contribution in [0.25, 0.3) is 0 Å². The Morgan fingerprint density at radius 3 is 1.93 bits per heavy atom. The zero-order valence-electron chi connectivity index (χ0n) is 44.3. The zero-order valence-corrected chi connectivity index (χ0v) is 44.3. The number of hydrogen-bond acceptors (Lipinski definition) is 7. The van der Waals surface area contributed by atoms with Crippen molar-refractivity contribution in [3.05, 3.63) is 36.0 Å². The average molecular weight is 937 g/mol. The largest absolute Gasteiger partial charge is 0.463 e. The summed E-state index contributed by atoms with van der Waals surface area (Å²) in [6.45, 7) is 16.7. The predicted molar refractivity (Wildman–Crippen MR) is 276 cm³/mol. The molecular weight excluding hydrogens is 833 g/mol.